The standard InChI is InChI=1S/C19H22N2O4S/c1-15-6-8-16(9-7-15)19(22)20-10-12-21(13-11-20)26(23,24)18-5-3-4-17(14-18)25-2/h3-9,14H,10-13H2,1-2H3. The molecule has 0 atom stereocenters. The SMILES string of the molecule is COc1cccc(S(=O)(=O)N2CCN(C(=O)c3ccc(C)cc3)CC2)c1. The van der Waals surface area contributed by atoms with Crippen LogP contribution in [0.3, 0.4) is 0 Å². The minimum absolute atomic E-state index is 0.0663. The first-order chi connectivity index (χ1) is 12.4. The van der Waals surface area contributed by atoms with Crippen LogP contribution in [0.1, 0.15) is 15.9 Å². The number of nitrogens with zero attached hydrogens (tertiary/aromatic N) is 2. The third-order valence-electron chi connectivity index (χ3n) is 4.50. The van der Waals surface area contributed by atoms with Crippen LogP contribution in [0.5, 0.6) is 5.75 Å². The van der Waals surface area contributed by atoms with E-state index in [-0.39, 0.29) is 23.9 Å². The molecule has 7 heteroatoms. The van der Waals surface area contributed by atoms with E-state index in [0.717, 1.165) is 5.56 Å². The van der Waals surface area contributed by atoms with E-state index in [1.165, 1.54) is 17.5 Å². The maximum atomic E-state index is 12.8. The molecule has 6 nitrogen and oxygen atoms in total. The molecule has 1 fully saturated rings. The Kier molecular flexibility index (Phi) is 5.29. The molecule has 1 heterocycles. The fourth-order valence-corrected chi connectivity index (χ4v) is 4.38. The van der Waals surface area contributed by atoms with Crippen LogP contribution in [0.4, 0.5) is 0 Å². The lowest BCUT2D eigenvalue weighted by molar-refractivity contribution is 0.0698. The van der Waals surface area contributed by atoms with Crippen molar-refractivity contribution < 1.29 is 17.9 Å². The molecule has 0 N–H and O–H groups in total. The van der Waals surface area contributed by atoms with Gasteiger partial charge < -0.3 is 9.64 Å². The molecule has 0 radical (unpaired) electrons. The maximum Gasteiger partial charge on any atom is 0.253 e. The van der Waals surface area contributed by atoms with Crippen LogP contribution in [0.15, 0.2) is 53.4 Å². The zero-order valence-electron chi connectivity index (χ0n) is 14.9. The Balaban J connectivity index is 1.69. The summed E-state index contributed by atoms with van der Waals surface area (Å²) >= 11 is 0. The molecule has 0 unspecified atom stereocenters. The Bertz CT molecular complexity index is 886. The highest BCUT2D eigenvalue weighted by Gasteiger charge is 2.30. The molecule has 1 aliphatic rings. The molecule has 26 heavy (non-hydrogen) atoms. The summed E-state index contributed by atoms with van der Waals surface area (Å²) in [7, 11) is -2.10. The molecule has 0 aromatic heterocycles. The molecular formula is C19H22N2O4S. The number of benzene rings is 2. The lowest BCUT2D eigenvalue weighted by Crippen LogP contribution is -2.50. The molecule has 1 aliphatic heterocycles. The number of carbonyl (C=O) groups excluding carboxylic acids is 1. The van der Waals surface area contributed by atoms with E-state index in [9.17, 15) is 13.2 Å². The molecule has 0 spiro atoms. The van der Waals surface area contributed by atoms with Crippen molar-refractivity contribution in [3.05, 3.63) is 59.7 Å². The van der Waals surface area contributed by atoms with E-state index in [2.05, 4.69) is 0 Å². The lowest BCUT2D eigenvalue weighted by atomic mass is 10.1. The highest BCUT2D eigenvalue weighted by Crippen LogP contribution is 2.22. The fourth-order valence-electron chi connectivity index (χ4n) is 2.92. The molecule has 1 amide bonds. The van der Waals surface area contributed by atoms with Gasteiger partial charge in [-0.3, -0.25) is 4.79 Å². The van der Waals surface area contributed by atoms with Crippen molar-refractivity contribution in [3.63, 3.8) is 0 Å². The molecule has 0 saturated carbocycles. The first kappa shape index (κ1) is 18.4. The summed E-state index contributed by atoms with van der Waals surface area (Å²) in [4.78, 5) is 14.5. The number of carbonyl (C=O) groups is 1. The minimum Gasteiger partial charge on any atom is -0.497 e. The highest BCUT2D eigenvalue weighted by molar-refractivity contribution is 7.89. The summed E-state index contributed by atoms with van der Waals surface area (Å²) in [6, 6.07) is 13.8. The first-order valence-electron chi connectivity index (χ1n) is 8.42. The van der Waals surface area contributed by atoms with Crippen molar-refractivity contribution in [1.29, 1.82) is 0 Å². The number of hydrogen-bond donors (Lipinski definition) is 0. The van der Waals surface area contributed by atoms with E-state index >= 15 is 0 Å². The minimum atomic E-state index is -3.60. The van der Waals surface area contributed by atoms with Crippen molar-refractivity contribution in [2.75, 3.05) is 33.3 Å². The molecule has 2 aromatic carbocycles. The van der Waals surface area contributed by atoms with Crippen LogP contribution in [-0.4, -0.2) is 56.8 Å². The number of hydrogen-bond acceptors (Lipinski definition) is 4. The van der Waals surface area contributed by atoms with Crippen LogP contribution in [0.2, 0.25) is 0 Å². The van der Waals surface area contributed by atoms with Gasteiger partial charge in [-0.1, -0.05) is 23.8 Å². The number of amides is 1. The second kappa shape index (κ2) is 7.47. The summed E-state index contributed by atoms with van der Waals surface area (Å²) in [6.45, 7) is 3.26. The Morgan fingerprint density at radius 2 is 1.65 bits per heavy atom. The highest BCUT2D eigenvalue weighted by atomic mass is 32.2. The van der Waals surface area contributed by atoms with Crippen LogP contribution < -0.4 is 4.74 Å². The molecule has 3 rings (SSSR count). The van der Waals surface area contributed by atoms with Crippen molar-refractivity contribution in [1.82, 2.24) is 9.21 Å². The molecule has 2 aromatic rings. The number of piperazine rings is 1. The van der Waals surface area contributed by atoms with Crippen molar-refractivity contribution in [2.45, 2.75) is 11.8 Å². The van der Waals surface area contributed by atoms with Crippen LogP contribution in [0.25, 0.3) is 0 Å². The van der Waals surface area contributed by atoms with Crippen molar-refractivity contribution in [2.24, 2.45) is 0 Å². The lowest BCUT2D eigenvalue weighted by Gasteiger charge is -2.34. The number of sulfonamides is 1. The van der Waals surface area contributed by atoms with Gasteiger partial charge in [0, 0.05) is 37.8 Å². The Morgan fingerprint density at radius 3 is 2.27 bits per heavy atom. The van der Waals surface area contributed by atoms with E-state index in [0.29, 0.717) is 24.4 Å². The van der Waals surface area contributed by atoms with Crippen LogP contribution in [0, 0.1) is 6.92 Å². The summed E-state index contributed by atoms with van der Waals surface area (Å²) in [5, 5.41) is 0. The van der Waals surface area contributed by atoms with Gasteiger partial charge in [-0.2, -0.15) is 4.31 Å². The quantitative estimate of drug-likeness (QED) is 0.822. The Labute approximate surface area is 154 Å². The van der Waals surface area contributed by atoms with Gasteiger partial charge in [0.15, 0.2) is 0 Å². The largest absolute Gasteiger partial charge is 0.497 e. The van der Waals surface area contributed by atoms with Gasteiger partial charge in [-0.05, 0) is 31.2 Å². The Hall–Kier alpha value is -2.38. The van der Waals surface area contributed by atoms with Gasteiger partial charge in [-0.15, -0.1) is 0 Å². The van der Waals surface area contributed by atoms with Gasteiger partial charge >= 0.3 is 0 Å². The first-order valence-corrected chi connectivity index (χ1v) is 9.86. The number of rotatable bonds is 4. The summed E-state index contributed by atoms with van der Waals surface area (Å²) in [5.74, 6) is 0.433. The molecule has 1 saturated heterocycles. The normalized spacial score (nSPS) is 15.7. The average molecular weight is 374 g/mol. The van der Waals surface area contributed by atoms with E-state index in [4.69, 9.17) is 4.74 Å². The van der Waals surface area contributed by atoms with Crippen LogP contribution in [-0.2, 0) is 10.0 Å². The van der Waals surface area contributed by atoms with Crippen LogP contribution >= 0.6 is 0 Å². The average Bonchev–Trinajstić information content (AvgIpc) is 2.68. The molecular weight excluding hydrogens is 352 g/mol. The smallest absolute Gasteiger partial charge is 0.253 e. The van der Waals surface area contributed by atoms with Gasteiger partial charge in [0.25, 0.3) is 5.91 Å². The summed E-state index contributed by atoms with van der Waals surface area (Å²) in [5.41, 5.74) is 1.72. The number of aryl methyl sites for hydroxylation is 1. The third kappa shape index (κ3) is 3.73. The van der Waals surface area contributed by atoms with E-state index in [1.54, 1.807) is 35.2 Å². The second-order valence-corrected chi connectivity index (χ2v) is 8.18. The van der Waals surface area contributed by atoms with Gasteiger partial charge in [0.2, 0.25) is 10.0 Å². The maximum absolute atomic E-state index is 12.8. The molecule has 0 bridgehead atoms. The monoisotopic (exact) mass is 374 g/mol. The van der Waals surface area contributed by atoms with Crippen molar-refractivity contribution >= 4 is 15.9 Å². The fraction of sp³-hybridized carbons (Fsp3) is 0.316. The van der Waals surface area contributed by atoms with E-state index in [1.807, 2.05) is 19.1 Å². The van der Waals surface area contributed by atoms with Crippen molar-refractivity contribution in [3.8, 4) is 5.75 Å². The predicted molar refractivity (Wildman–Crippen MR) is 98.8 cm³/mol. The zero-order valence-corrected chi connectivity index (χ0v) is 15.7. The topological polar surface area (TPSA) is 66.9 Å². The third-order valence-corrected chi connectivity index (χ3v) is 6.40. The van der Waals surface area contributed by atoms with Gasteiger partial charge in [-0.25, -0.2) is 8.42 Å². The molecule has 138 valence electrons. The predicted octanol–water partition coefficient (Wildman–Crippen LogP) is 2.15. The number of methoxy groups -OCH3 is 1. The number of ether oxygens (including phenoxy) is 1. The van der Waals surface area contributed by atoms with Gasteiger partial charge in [0.1, 0.15) is 5.75 Å². The molecule has 0 aliphatic carbocycles. The summed E-state index contributed by atoms with van der Waals surface area (Å²) < 4.78 is 32.1. The van der Waals surface area contributed by atoms with Gasteiger partial charge in [0.05, 0.1) is 12.0 Å². The second-order valence-electron chi connectivity index (χ2n) is 6.24. The Morgan fingerprint density at radius 1 is 1.00 bits per heavy atom. The summed E-state index contributed by atoms with van der Waals surface area (Å²) in [6.07, 6.45) is 0. The zero-order chi connectivity index (χ0) is 18.7. The van der Waals surface area contributed by atoms with E-state index < -0.39 is 10.0 Å².